The average Bonchev–Trinajstić information content (AvgIpc) is 2.96. The summed E-state index contributed by atoms with van der Waals surface area (Å²) in [5, 5.41) is 0. The van der Waals surface area contributed by atoms with Crippen molar-refractivity contribution in [1.82, 2.24) is 4.90 Å². The Kier molecular flexibility index (Phi) is 4.05. The maximum atomic E-state index is 12.6. The van der Waals surface area contributed by atoms with Gasteiger partial charge in [0.15, 0.2) is 5.78 Å². The summed E-state index contributed by atoms with van der Waals surface area (Å²) in [6.07, 6.45) is 0.601. The van der Waals surface area contributed by atoms with Gasteiger partial charge in [0.05, 0.1) is 6.04 Å². The summed E-state index contributed by atoms with van der Waals surface area (Å²) in [6.45, 7) is 2.65. The van der Waals surface area contributed by atoms with Gasteiger partial charge in [-0.25, -0.2) is 0 Å². The Morgan fingerprint density at radius 1 is 1.05 bits per heavy atom. The molecule has 0 radical (unpaired) electrons. The maximum absolute atomic E-state index is 12.6. The molecule has 1 aliphatic heterocycles. The van der Waals surface area contributed by atoms with Crippen molar-refractivity contribution in [2.24, 2.45) is 5.92 Å². The molecule has 1 saturated heterocycles. The van der Waals surface area contributed by atoms with Gasteiger partial charge in [0, 0.05) is 12.1 Å². The quantitative estimate of drug-likeness (QED) is 0.639. The van der Waals surface area contributed by atoms with Crippen molar-refractivity contribution in [3.63, 3.8) is 0 Å². The second-order valence-corrected chi connectivity index (χ2v) is 5.69. The van der Waals surface area contributed by atoms with E-state index in [1.54, 1.807) is 12.1 Å². The molecule has 1 fully saturated rings. The third-order valence-corrected chi connectivity index (χ3v) is 4.36. The first kappa shape index (κ1) is 14.5. The van der Waals surface area contributed by atoms with Gasteiger partial charge in [0.2, 0.25) is 5.91 Å². The highest BCUT2D eigenvalue weighted by Gasteiger charge is 2.39. The van der Waals surface area contributed by atoms with Gasteiger partial charge in [0.1, 0.15) is 5.92 Å². The Balaban J connectivity index is 1.77. The van der Waals surface area contributed by atoms with Crippen molar-refractivity contribution in [1.29, 1.82) is 0 Å². The average molecular weight is 293 g/mol. The number of hydrogen-bond donors (Lipinski definition) is 0. The smallest absolute Gasteiger partial charge is 0.234 e. The molecule has 1 amide bonds. The second-order valence-electron chi connectivity index (χ2n) is 5.69. The number of ketones is 1. The lowest BCUT2D eigenvalue weighted by atomic mass is 9.96. The fourth-order valence-electron chi connectivity index (χ4n) is 3.04. The normalized spacial score (nSPS) is 19.2. The van der Waals surface area contributed by atoms with Crippen LogP contribution in [0.4, 0.5) is 0 Å². The first-order valence-corrected chi connectivity index (χ1v) is 7.63. The van der Waals surface area contributed by atoms with Crippen LogP contribution in [0.5, 0.6) is 0 Å². The third kappa shape index (κ3) is 2.67. The number of Topliss-reactive ketones (excluding diaryl/α,β-unsaturated/α-hetero) is 1. The van der Waals surface area contributed by atoms with E-state index in [2.05, 4.69) is 0 Å². The predicted octanol–water partition coefficient (Wildman–Crippen LogP) is 3.48. The fourth-order valence-corrected chi connectivity index (χ4v) is 3.04. The summed E-state index contributed by atoms with van der Waals surface area (Å²) in [7, 11) is 0. The van der Waals surface area contributed by atoms with Crippen molar-refractivity contribution >= 4 is 11.7 Å². The first-order chi connectivity index (χ1) is 10.7. The summed E-state index contributed by atoms with van der Waals surface area (Å²) >= 11 is 0. The van der Waals surface area contributed by atoms with E-state index < -0.39 is 5.92 Å². The van der Waals surface area contributed by atoms with Gasteiger partial charge in [-0.15, -0.1) is 0 Å². The largest absolute Gasteiger partial charge is 0.335 e. The number of hydrogen-bond acceptors (Lipinski definition) is 2. The van der Waals surface area contributed by atoms with Crippen LogP contribution in [0.25, 0.3) is 0 Å². The van der Waals surface area contributed by atoms with Crippen LogP contribution in [0.1, 0.15) is 35.3 Å². The van der Waals surface area contributed by atoms with Crippen molar-refractivity contribution in [3.05, 3.63) is 71.8 Å². The van der Waals surface area contributed by atoms with E-state index in [9.17, 15) is 9.59 Å². The van der Waals surface area contributed by atoms with E-state index >= 15 is 0 Å². The van der Waals surface area contributed by atoms with Crippen LogP contribution in [0.15, 0.2) is 60.7 Å². The molecule has 2 atom stereocenters. The van der Waals surface area contributed by atoms with Gasteiger partial charge in [-0.1, -0.05) is 60.7 Å². The SMILES string of the molecule is C[C@H](c1ccccc1)N1CCC(C(=O)c2ccccc2)C1=O. The van der Waals surface area contributed by atoms with Gasteiger partial charge in [-0.2, -0.15) is 0 Å². The van der Waals surface area contributed by atoms with Crippen LogP contribution in [0.3, 0.4) is 0 Å². The van der Waals surface area contributed by atoms with Crippen LogP contribution in [-0.2, 0) is 4.79 Å². The number of benzene rings is 2. The van der Waals surface area contributed by atoms with E-state index in [1.807, 2.05) is 60.4 Å². The van der Waals surface area contributed by atoms with E-state index in [0.29, 0.717) is 18.5 Å². The molecule has 2 aromatic carbocycles. The van der Waals surface area contributed by atoms with Crippen LogP contribution in [-0.4, -0.2) is 23.1 Å². The summed E-state index contributed by atoms with van der Waals surface area (Å²) < 4.78 is 0. The predicted molar refractivity (Wildman–Crippen MR) is 85.4 cm³/mol. The Bertz CT molecular complexity index is 666. The lowest BCUT2D eigenvalue weighted by molar-refractivity contribution is -0.131. The molecule has 22 heavy (non-hydrogen) atoms. The molecule has 0 aromatic heterocycles. The Morgan fingerprint density at radius 3 is 2.27 bits per heavy atom. The molecule has 0 aliphatic carbocycles. The molecule has 1 unspecified atom stereocenters. The topological polar surface area (TPSA) is 37.4 Å². The van der Waals surface area contributed by atoms with E-state index in [0.717, 1.165) is 5.56 Å². The second kappa shape index (κ2) is 6.14. The van der Waals surface area contributed by atoms with Crippen LogP contribution < -0.4 is 0 Å². The van der Waals surface area contributed by atoms with Crippen molar-refractivity contribution in [3.8, 4) is 0 Å². The fraction of sp³-hybridized carbons (Fsp3) is 0.263. The molecule has 2 aromatic rings. The van der Waals surface area contributed by atoms with E-state index in [-0.39, 0.29) is 17.7 Å². The molecular weight excluding hydrogens is 274 g/mol. The third-order valence-electron chi connectivity index (χ3n) is 4.36. The Morgan fingerprint density at radius 2 is 1.64 bits per heavy atom. The van der Waals surface area contributed by atoms with Crippen LogP contribution >= 0.6 is 0 Å². The highest BCUT2D eigenvalue weighted by molar-refractivity contribution is 6.10. The Labute approximate surface area is 130 Å². The van der Waals surface area contributed by atoms with E-state index in [4.69, 9.17) is 0 Å². The number of amides is 1. The number of rotatable bonds is 4. The lowest BCUT2D eigenvalue weighted by Gasteiger charge is -2.25. The lowest BCUT2D eigenvalue weighted by Crippen LogP contribution is -2.32. The van der Waals surface area contributed by atoms with E-state index in [1.165, 1.54) is 0 Å². The zero-order valence-electron chi connectivity index (χ0n) is 12.6. The zero-order chi connectivity index (χ0) is 15.5. The van der Waals surface area contributed by atoms with Crippen molar-refractivity contribution in [2.45, 2.75) is 19.4 Å². The van der Waals surface area contributed by atoms with Crippen molar-refractivity contribution < 1.29 is 9.59 Å². The molecule has 0 saturated carbocycles. The number of nitrogens with zero attached hydrogens (tertiary/aromatic N) is 1. The van der Waals surface area contributed by atoms with Gasteiger partial charge in [-0.05, 0) is 18.9 Å². The minimum atomic E-state index is -0.534. The summed E-state index contributed by atoms with van der Waals surface area (Å²) in [4.78, 5) is 27.0. The molecule has 1 aliphatic rings. The maximum Gasteiger partial charge on any atom is 0.234 e. The summed E-state index contributed by atoms with van der Waals surface area (Å²) in [5.74, 6) is -0.646. The minimum Gasteiger partial charge on any atom is -0.335 e. The number of carbonyl (C=O) groups is 2. The van der Waals surface area contributed by atoms with Crippen molar-refractivity contribution in [2.75, 3.05) is 6.54 Å². The number of likely N-dealkylation sites (tertiary alicyclic amines) is 1. The molecular formula is C19H19NO2. The molecule has 3 nitrogen and oxygen atoms in total. The van der Waals surface area contributed by atoms with Gasteiger partial charge in [0.25, 0.3) is 0 Å². The van der Waals surface area contributed by atoms with Gasteiger partial charge < -0.3 is 4.90 Å². The molecule has 3 heteroatoms. The molecule has 0 spiro atoms. The monoisotopic (exact) mass is 293 g/mol. The molecule has 0 N–H and O–H groups in total. The summed E-state index contributed by atoms with van der Waals surface area (Å²) in [6, 6.07) is 19.0. The minimum absolute atomic E-state index is 0.00210. The van der Waals surface area contributed by atoms with Crippen LogP contribution in [0.2, 0.25) is 0 Å². The molecule has 3 rings (SSSR count). The zero-order valence-corrected chi connectivity index (χ0v) is 12.6. The molecule has 112 valence electrons. The highest BCUT2D eigenvalue weighted by atomic mass is 16.2. The molecule has 1 heterocycles. The standard InChI is InChI=1S/C19H19NO2/c1-14(15-8-4-2-5-9-15)20-13-12-17(19(20)22)18(21)16-10-6-3-7-11-16/h2-11,14,17H,12-13H2,1H3/t14-,17?/m1/s1. The molecule has 0 bridgehead atoms. The van der Waals surface area contributed by atoms with Gasteiger partial charge >= 0.3 is 0 Å². The first-order valence-electron chi connectivity index (χ1n) is 7.63. The summed E-state index contributed by atoms with van der Waals surface area (Å²) in [5.41, 5.74) is 1.72. The van der Waals surface area contributed by atoms with Gasteiger partial charge in [-0.3, -0.25) is 9.59 Å². The highest BCUT2D eigenvalue weighted by Crippen LogP contribution is 2.30. The number of carbonyl (C=O) groups excluding carboxylic acids is 2. The van der Waals surface area contributed by atoms with Crippen LogP contribution in [0, 0.1) is 5.92 Å². The Hall–Kier alpha value is -2.42.